The highest BCUT2D eigenvalue weighted by molar-refractivity contribution is 7.89. The Balaban J connectivity index is 1.65. The molecule has 0 bridgehead atoms. The fourth-order valence-electron chi connectivity index (χ4n) is 3.18. The molecule has 0 aliphatic carbocycles. The number of nitrogens with one attached hydrogen (secondary N) is 1. The maximum atomic E-state index is 12.8. The average Bonchev–Trinajstić information content (AvgIpc) is 2.66. The lowest BCUT2D eigenvalue weighted by Gasteiger charge is -2.20. The number of hydrogen-bond acceptors (Lipinski definition) is 4. The van der Waals surface area contributed by atoms with Gasteiger partial charge in [0.05, 0.1) is 4.90 Å². The van der Waals surface area contributed by atoms with E-state index >= 15 is 0 Å². The predicted molar refractivity (Wildman–Crippen MR) is 100 cm³/mol. The molecule has 3 aromatic rings. The normalized spacial score (nSPS) is 15.0. The predicted octanol–water partition coefficient (Wildman–Crippen LogP) is 3.65. The van der Waals surface area contributed by atoms with Crippen molar-refractivity contribution in [1.82, 2.24) is 4.72 Å². The van der Waals surface area contributed by atoms with Crippen LogP contribution in [0.25, 0.3) is 10.8 Å². The van der Waals surface area contributed by atoms with Gasteiger partial charge in [-0.15, -0.1) is 0 Å². The van der Waals surface area contributed by atoms with Crippen LogP contribution < -0.4 is 14.2 Å². The molecule has 0 saturated heterocycles. The second-order valence-electron chi connectivity index (χ2n) is 6.22. The molecule has 1 atom stereocenters. The van der Waals surface area contributed by atoms with Crippen molar-refractivity contribution in [3.63, 3.8) is 0 Å². The number of fused-ring (bicyclic) bond motifs is 2. The van der Waals surface area contributed by atoms with E-state index in [2.05, 4.69) is 4.72 Å². The summed E-state index contributed by atoms with van der Waals surface area (Å²) in [6.45, 7) is 2.73. The molecule has 0 aromatic heterocycles. The zero-order valence-electron chi connectivity index (χ0n) is 14.3. The highest BCUT2D eigenvalue weighted by Crippen LogP contribution is 2.33. The molecular formula is C20H19NO4S. The van der Waals surface area contributed by atoms with E-state index in [1.807, 2.05) is 49.4 Å². The van der Waals surface area contributed by atoms with Crippen LogP contribution in [0, 0.1) is 0 Å². The highest BCUT2D eigenvalue weighted by Gasteiger charge is 2.22. The maximum absolute atomic E-state index is 12.8. The zero-order chi connectivity index (χ0) is 18.1. The third-order valence-electron chi connectivity index (χ3n) is 4.45. The second kappa shape index (κ2) is 6.63. The van der Waals surface area contributed by atoms with Gasteiger partial charge >= 0.3 is 0 Å². The molecule has 3 aromatic carbocycles. The molecule has 0 radical (unpaired) electrons. The fourth-order valence-corrected chi connectivity index (χ4v) is 4.42. The molecule has 1 unspecified atom stereocenters. The minimum Gasteiger partial charge on any atom is -0.486 e. The van der Waals surface area contributed by atoms with E-state index in [0.29, 0.717) is 24.7 Å². The lowest BCUT2D eigenvalue weighted by molar-refractivity contribution is 0.171. The Kier molecular flexibility index (Phi) is 4.30. The van der Waals surface area contributed by atoms with E-state index in [1.54, 1.807) is 6.07 Å². The van der Waals surface area contributed by atoms with Gasteiger partial charge in [-0.3, -0.25) is 0 Å². The van der Waals surface area contributed by atoms with Crippen LogP contribution >= 0.6 is 0 Å². The van der Waals surface area contributed by atoms with Crippen molar-refractivity contribution in [2.24, 2.45) is 0 Å². The van der Waals surface area contributed by atoms with E-state index < -0.39 is 10.0 Å². The molecule has 0 spiro atoms. The minimum atomic E-state index is -3.70. The molecular weight excluding hydrogens is 350 g/mol. The van der Waals surface area contributed by atoms with Gasteiger partial charge in [0, 0.05) is 12.1 Å². The fraction of sp³-hybridized carbons (Fsp3) is 0.200. The second-order valence-corrected chi connectivity index (χ2v) is 7.93. The molecule has 4 rings (SSSR count). The standard InChI is InChI=1S/C20H19NO4S/c1-14(17-8-4-6-15-5-2-3-7-18(15)17)21-26(22,23)16-9-10-19-20(13-16)25-12-11-24-19/h2-10,13-14,21H,11-12H2,1H3. The largest absolute Gasteiger partial charge is 0.486 e. The number of hydrogen-bond donors (Lipinski definition) is 1. The van der Waals surface area contributed by atoms with E-state index in [-0.39, 0.29) is 10.9 Å². The molecule has 5 nitrogen and oxygen atoms in total. The number of sulfonamides is 1. The van der Waals surface area contributed by atoms with Crippen LogP contribution in [-0.4, -0.2) is 21.6 Å². The van der Waals surface area contributed by atoms with Crippen LogP contribution in [0.1, 0.15) is 18.5 Å². The highest BCUT2D eigenvalue weighted by atomic mass is 32.2. The van der Waals surface area contributed by atoms with Crippen molar-refractivity contribution >= 4 is 20.8 Å². The first-order valence-electron chi connectivity index (χ1n) is 8.44. The summed E-state index contributed by atoms with van der Waals surface area (Å²) in [6, 6.07) is 18.1. The quantitative estimate of drug-likeness (QED) is 0.762. The summed E-state index contributed by atoms with van der Waals surface area (Å²) in [5.74, 6) is 1.02. The van der Waals surface area contributed by atoms with Crippen LogP contribution in [0.4, 0.5) is 0 Å². The number of ether oxygens (including phenoxy) is 2. The van der Waals surface area contributed by atoms with E-state index in [9.17, 15) is 8.42 Å². The summed E-state index contributed by atoms with van der Waals surface area (Å²) < 4.78 is 39.4. The smallest absolute Gasteiger partial charge is 0.241 e. The molecule has 1 N–H and O–H groups in total. The lowest BCUT2D eigenvalue weighted by atomic mass is 10.0. The molecule has 1 aliphatic heterocycles. The van der Waals surface area contributed by atoms with E-state index in [1.165, 1.54) is 12.1 Å². The van der Waals surface area contributed by atoms with Gasteiger partial charge in [0.2, 0.25) is 10.0 Å². The van der Waals surface area contributed by atoms with Gasteiger partial charge in [-0.25, -0.2) is 13.1 Å². The van der Waals surface area contributed by atoms with Gasteiger partial charge in [-0.05, 0) is 35.4 Å². The summed E-state index contributed by atoms with van der Waals surface area (Å²) in [5, 5.41) is 2.11. The monoisotopic (exact) mass is 369 g/mol. The average molecular weight is 369 g/mol. The minimum absolute atomic E-state index is 0.161. The summed E-state index contributed by atoms with van der Waals surface area (Å²) >= 11 is 0. The van der Waals surface area contributed by atoms with Crippen LogP contribution in [-0.2, 0) is 10.0 Å². The van der Waals surface area contributed by atoms with E-state index in [0.717, 1.165) is 16.3 Å². The Hall–Kier alpha value is -2.57. The first-order valence-corrected chi connectivity index (χ1v) is 9.92. The Labute approximate surface area is 152 Å². The molecule has 0 saturated carbocycles. The number of rotatable bonds is 4. The van der Waals surface area contributed by atoms with Crippen LogP contribution in [0.2, 0.25) is 0 Å². The van der Waals surface area contributed by atoms with Gasteiger partial charge in [0.15, 0.2) is 11.5 Å². The zero-order valence-corrected chi connectivity index (χ0v) is 15.1. The van der Waals surface area contributed by atoms with Crippen LogP contribution in [0.5, 0.6) is 11.5 Å². The summed E-state index contributed by atoms with van der Waals surface area (Å²) in [5.41, 5.74) is 0.934. The number of benzene rings is 3. The third kappa shape index (κ3) is 3.13. The van der Waals surface area contributed by atoms with Gasteiger partial charge < -0.3 is 9.47 Å². The van der Waals surface area contributed by atoms with Crippen molar-refractivity contribution in [3.8, 4) is 11.5 Å². The molecule has 0 amide bonds. The van der Waals surface area contributed by atoms with Crippen molar-refractivity contribution in [1.29, 1.82) is 0 Å². The van der Waals surface area contributed by atoms with Gasteiger partial charge in [0.25, 0.3) is 0 Å². The van der Waals surface area contributed by atoms with E-state index in [4.69, 9.17) is 9.47 Å². The van der Waals surface area contributed by atoms with Crippen molar-refractivity contribution in [3.05, 3.63) is 66.2 Å². The first kappa shape index (κ1) is 16.9. The Bertz CT molecular complexity index is 1060. The Morgan fingerprint density at radius 2 is 1.65 bits per heavy atom. The topological polar surface area (TPSA) is 64.6 Å². The van der Waals surface area contributed by atoms with Crippen LogP contribution in [0.15, 0.2) is 65.6 Å². The Morgan fingerprint density at radius 1 is 0.923 bits per heavy atom. The lowest BCUT2D eigenvalue weighted by Crippen LogP contribution is -2.27. The maximum Gasteiger partial charge on any atom is 0.241 e. The molecule has 26 heavy (non-hydrogen) atoms. The van der Waals surface area contributed by atoms with Crippen molar-refractivity contribution in [2.75, 3.05) is 13.2 Å². The molecule has 1 heterocycles. The van der Waals surface area contributed by atoms with Gasteiger partial charge in [-0.2, -0.15) is 0 Å². The summed E-state index contributed by atoms with van der Waals surface area (Å²) in [7, 11) is -3.70. The van der Waals surface area contributed by atoms with Gasteiger partial charge in [0.1, 0.15) is 13.2 Å². The van der Waals surface area contributed by atoms with Crippen molar-refractivity contribution < 1.29 is 17.9 Å². The SMILES string of the molecule is CC(NS(=O)(=O)c1ccc2c(c1)OCCO2)c1cccc2ccccc12. The molecule has 0 fully saturated rings. The first-order chi connectivity index (χ1) is 12.5. The molecule has 134 valence electrons. The Morgan fingerprint density at radius 3 is 2.50 bits per heavy atom. The third-order valence-corrected chi connectivity index (χ3v) is 5.98. The van der Waals surface area contributed by atoms with Crippen molar-refractivity contribution in [2.45, 2.75) is 17.9 Å². The summed E-state index contributed by atoms with van der Waals surface area (Å²) in [6.07, 6.45) is 0. The van der Waals surface area contributed by atoms with Crippen LogP contribution in [0.3, 0.4) is 0 Å². The molecule has 6 heteroatoms. The van der Waals surface area contributed by atoms with Gasteiger partial charge in [-0.1, -0.05) is 42.5 Å². The summed E-state index contributed by atoms with van der Waals surface area (Å²) in [4.78, 5) is 0.161. The molecule has 1 aliphatic rings.